The van der Waals surface area contributed by atoms with Crippen molar-refractivity contribution in [2.24, 2.45) is 0 Å². The maximum Gasteiger partial charge on any atom is 0.460 e. The Balaban J connectivity index is 4.88. The lowest BCUT2D eigenvalue weighted by Gasteiger charge is -2.33. The summed E-state index contributed by atoms with van der Waals surface area (Å²) < 4.78 is 117. The van der Waals surface area contributed by atoms with Gasteiger partial charge in [0.05, 0.1) is 13.0 Å². The van der Waals surface area contributed by atoms with Crippen molar-refractivity contribution < 1.29 is 49.0 Å². The molecule has 0 bridgehead atoms. The van der Waals surface area contributed by atoms with E-state index in [9.17, 15) is 44.3 Å². The molecule has 11 heteroatoms. The predicted octanol–water partition coefficient (Wildman–Crippen LogP) is 4.58. The number of ether oxygens (including phenoxy) is 1. The van der Waals surface area contributed by atoms with Crippen LogP contribution in [0.1, 0.15) is 32.6 Å². The minimum absolute atomic E-state index is 0.198. The Hall–Kier alpha value is -1.16. The standard InChI is InChI=1S/C11H13F9O2/c1-2-3-6-22-7(21)4-5-8(12,13)9(14,15)10(16,17)11(18,19)20/h2-6H2,1H3. The van der Waals surface area contributed by atoms with Gasteiger partial charge >= 0.3 is 29.9 Å². The van der Waals surface area contributed by atoms with E-state index in [0.29, 0.717) is 12.8 Å². The van der Waals surface area contributed by atoms with Gasteiger partial charge in [0.1, 0.15) is 0 Å². The summed E-state index contributed by atoms with van der Waals surface area (Å²) in [5.74, 6) is -20.8. The Morgan fingerprint density at radius 1 is 0.909 bits per heavy atom. The first-order valence-electron chi connectivity index (χ1n) is 6.06. The number of esters is 1. The van der Waals surface area contributed by atoms with Crippen LogP contribution in [-0.4, -0.2) is 36.5 Å². The van der Waals surface area contributed by atoms with Crippen LogP contribution in [0.3, 0.4) is 0 Å². The summed E-state index contributed by atoms with van der Waals surface area (Å²) in [5.41, 5.74) is 0. The van der Waals surface area contributed by atoms with Crippen molar-refractivity contribution in [1.82, 2.24) is 0 Å². The van der Waals surface area contributed by atoms with Gasteiger partial charge in [0.2, 0.25) is 0 Å². The first-order chi connectivity index (χ1) is 9.70. The van der Waals surface area contributed by atoms with E-state index in [-0.39, 0.29) is 6.61 Å². The van der Waals surface area contributed by atoms with Gasteiger partial charge in [0.25, 0.3) is 0 Å². The number of unbranched alkanes of at least 4 members (excludes halogenated alkanes) is 1. The lowest BCUT2D eigenvalue weighted by molar-refractivity contribution is -0.396. The lowest BCUT2D eigenvalue weighted by atomic mass is 10.00. The molecule has 0 N–H and O–H groups in total. The van der Waals surface area contributed by atoms with E-state index in [4.69, 9.17) is 0 Å². The molecule has 0 rings (SSSR count). The molecule has 0 aliphatic carbocycles. The molecule has 0 aromatic heterocycles. The molecule has 0 radical (unpaired) electrons. The van der Waals surface area contributed by atoms with Crippen LogP contribution in [0.25, 0.3) is 0 Å². The van der Waals surface area contributed by atoms with Crippen LogP contribution in [0.4, 0.5) is 39.5 Å². The van der Waals surface area contributed by atoms with Crippen LogP contribution in [0.2, 0.25) is 0 Å². The molecular weight excluding hydrogens is 335 g/mol. The lowest BCUT2D eigenvalue weighted by Crippen LogP contribution is -2.60. The highest BCUT2D eigenvalue weighted by atomic mass is 19.4. The van der Waals surface area contributed by atoms with E-state index in [0.717, 1.165) is 0 Å². The normalized spacial score (nSPS) is 14.1. The first-order valence-corrected chi connectivity index (χ1v) is 6.06. The number of alkyl halides is 9. The molecule has 2 nitrogen and oxygen atoms in total. The molecule has 0 fully saturated rings. The maximum atomic E-state index is 13.0. The molecule has 0 amide bonds. The van der Waals surface area contributed by atoms with E-state index < -0.39 is 42.8 Å². The topological polar surface area (TPSA) is 26.3 Å². The van der Waals surface area contributed by atoms with E-state index in [2.05, 4.69) is 4.74 Å². The highest BCUT2D eigenvalue weighted by molar-refractivity contribution is 5.69. The van der Waals surface area contributed by atoms with Crippen molar-refractivity contribution in [3.8, 4) is 0 Å². The molecule has 0 spiro atoms. The first kappa shape index (κ1) is 20.8. The maximum absolute atomic E-state index is 13.0. The van der Waals surface area contributed by atoms with E-state index in [1.165, 1.54) is 0 Å². The van der Waals surface area contributed by atoms with Gasteiger partial charge in [-0.1, -0.05) is 13.3 Å². The van der Waals surface area contributed by atoms with Gasteiger partial charge in [-0.2, -0.15) is 39.5 Å². The third-order valence-corrected chi connectivity index (χ3v) is 2.61. The van der Waals surface area contributed by atoms with E-state index in [1.807, 2.05) is 0 Å². The summed E-state index contributed by atoms with van der Waals surface area (Å²) >= 11 is 0. The molecule has 132 valence electrons. The second-order valence-electron chi connectivity index (χ2n) is 4.43. The van der Waals surface area contributed by atoms with Crippen molar-refractivity contribution in [3.63, 3.8) is 0 Å². The fraction of sp³-hybridized carbons (Fsp3) is 0.909. The molecule has 0 saturated heterocycles. The highest BCUT2D eigenvalue weighted by Crippen LogP contribution is 2.54. The number of carbonyl (C=O) groups excluding carboxylic acids is 1. The smallest absolute Gasteiger partial charge is 0.460 e. The fourth-order valence-corrected chi connectivity index (χ4v) is 1.23. The minimum atomic E-state index is -6.93. The Bertz CT molecular complexity index is 376. The highest BCUT2D eigenvalue weighted by Gasteiger charge is 2.81. The van der Waals surface area contributed by atoms with E-state index >= 15 is 0 Å². The predicted molar refractivity (Wildman–Crippen MR) is 56.0 cm³/mol. The van der Waals surface area contributed by atoms with Gasteiger partial charge in [-0.25, -0.2) is 0 Å². The zero-order valence-corrected chi connectivity index (χ0v) is 11.3. The zero-order valence-electron chi connectivity index (χ0n) is 11.3. The third-order valence-electron chi connectivity index (χ3n) is 2.61. The number of hydrogen-bond donors (Lipinski definition) is 0. The number of carbonyl (C=O) groups is 1. The molecule has 0 atom stereocenters. The van der Waals surface area contributed by atoms with Crippen LogP contribution in [-0.2, 0) is 9.53 Å². The Kier molecular flexibility index (Phi) is 6.58. The summed E-state index contributed by atoms with van der Waals surface area (Å²) in [6.45, 7) is 1.50. The summed E-state index contributed by atoms with van der Waals surface area (Å²) in [7, 11) is 0. The van der Waals surface area contributed by atoms with Crippen LogP contribution >= 0.6 is 0 Å². The summed E-state index contributed by atoms with van der Waals surface area (Å²) in [6, 6.07) is 0. The molecule has 0 aromatic carbocycles. The van der Waals surface area contributed by atoms with Crippen LogP contribution in [0.5, 0.6) is 0 Å². The second kappa shape index (κ2) is 6.95. The molecule has 0 aliphatic heterocycles. The van der Waals surface area contributed by atoms with Gasteiger partial charge in [-0.05, 0) is 6.42 Å². The van der Waals surface area contributed by atoms with Crippen LogP contribution in [0, 0.1) is 0 Å². The minimum Gasteiger partial charge on any atom is -0.466 e. The van der Waals surface area contributed by atoms with Crippen molar-refractivity contribution in [1.29, 1.82) is 0 Å². The van der Waals surface area contributed by atoms with Crippen molar-refractivity contribution in [2.75, 3.05) is 6.61 Å². The largest absolute Gasteiger partial charge is 0.466 e. The van der Waals surface area contributed by atoms with Gasteiger partial charge in [0.15, 0.2) is 0 Å². The summed E-state index contributed by atoms with van der Waals surface area (Å²) in [4.78, 5) is 10.9. The fourth-order valence-electron chi connectivity index (χ4n) is 1.23. The molecule has 0 heterocycles. The van der Waals surface area contributed by atoms with Crippen molar-refractivity contribution >= 4 is 5.97 Å². The van der Waals surface area contributed by atoms with Gasteiger partial charge < -0.3 is 4.74 Å². The van der Waals surface area contributed by atoms with Crippen molar-refractivity contribution in [2.45, 2.75) is 56.6 Å². The number of rotatable bonds is 8. The monoisotopic (exact) mass is 348 g/mol. The Morgan fingerprint density at radius 2 is 1.41 bits per heavy atom. The number of hydrogen-bond acceptors (Lipinski definition) is 2. The van der Waals surface area contributed by atoms with E-state index in [1.54, 1.807) is 6.92 Å². The van der Waals surface area contributed by atoms with Gasteiger partial charge in [-0.3, -0.25) is 4.79 Å². The second-order valence-corrected chi connectivity index (χ2v) is 4.43. The molecular formula is C11H13F9O2. The zero-order chi connectivity index (χ0) is 17.8. The van der Waals surface area contributed by atoms with Crippen LogP contribution in [0.15, 0.2) is 0 Å². The molecule has 22 heavy (non-hydrogen) atoms. The number of halogens is 9. The molecule has 0 aromatic rings. The third kappa shape index (κ3) is 4.42. The van der Waals surface area contributed by atoms with Crippen LogP contribution < -0.4 is 0 Å². The summed E-state index contributed by atoms with van der Waals surface area (Å²) in [6.07, 6.45) is -9.55. The molecule has 0 unspecified atom stereocenters. The quantitative estimate of drug-likeness (QED) is 0.365. The average Bonchev–Trinajstić information content (AvgIpc) is 2.35. The Morgan fingerprint density at radius 3 is 1.82 bits per heavy atom. The Labute approximate surface area is 119 Å². The SMILES string of the molecule is CCCCOC(=O)CCC(F)(F)C(F)(F)C(F)(F)C(F)(F)F. The van der Waals surface area contributed by atoms with Gasteiger partial charge in [0, 0.05) is 6.42 Å². The molecule has 0 aliphatic rings. The molecule has 0 saturated carbocycles. The average molecular weight is 348 g/mol. The summed E-state index contributed by atoms with van der Waals surface area (Å²) in [5, 5.41) is 0. The van der Waals surface area contributed by atoms with Crippen molar-refractivity contribution in [3.05, 3.63) is 0 Å². The van der Waals surface area contributed by atoms with Gasteiger partial charge in [-0.15, -0.1) is 0 Å².